The third-order valence-electron chi connectivity index (χ3n) is 6.48. The number of H-pyrrole nitrogens is 1. The van der Waals surface area contributed by atoms with E-state index in [1.165, 1.54) is 4.90 Å². The largest absolute Gasteiger partial charge is 0.507 e. The van der Waals surface area contributed by atoms with Gasteiger partial charge in [0.05, 0.1) is 18.2 Å². The van der Waals surface area contributed by atoms with E-state index in [1.807, 2.05) is 45.0 Å². The first-order chi connectivity index (χ1) is 17.8. The van der Waals surface area contributed by atoms with Gasteiger partial charge in [-0.1, -0.05) is 61.8 Å². The number of aliphatic hydroxyl groups excluding tert-OH is 1. The van der Waals surface area contributed by atoms with Gasteiger partial charge in [0.1, 0.15) is 11.5 Å². The Hall–Kier alpha value is -4.03. The number of amides is 1. The molecule has 1 aliphatic heterocycles. The first-order valence-electron chi connectivity index (χ1n) is 12.1. The molecule has 2 N–H and O–H groups in total. The molecule has 1 aliphatic rings. The summed E-state index contributed by atoms with van der Waals surface area (Å²) >= 11 is 6.40. The molecule has 37 heavy (non-hydrogen) atoms. The Balaban J connectivity index is 1.71. The van der Waals surface area contributed by atoms with Crippen LogP contribution in [0.4, 0.5) is 5.69 Å². The number of hydrogen-bond donors (Lipinski definition) is 2. The summed E-state index contributed by atoms with van der Waals surface area (Å²) in [4.78, 5) is 31.6. The van der Waals surface area contributed by atoms with E-state index < -0.39 is 17.7 Å². The van der Waals surface area contributed by atoms with E-state index in [1.54, 1.807) is 48.7 Å². The van der Waals surface area contributed by atoms with E-state index in [4.69, 9.17) is 16.3 Å². The number of aromatic nitrogens is 1. The van der Waals surface area contributed by atoms with Crippen molar-refractivity contribution in [2.45, 2.75) is 26.8 Å². The van der Waals surface area contributed by atoms with Crippen LogP contribution in [-0.4, -0.2) is 28.4 Å². The van der Waals surface area contributed by atoms with Gasteiger partial charge >= 0.3 is 0 Å². The van der Waals surface area contributed by atoms with E-state index in [0.29, 0.717) is 40.1 Å². The molecule has 0 radical (unpaired) electrons. The lowest BCUT2D eigenvalue weighted by atomic mass is 9.94. The highest BCUT2D eigenvalue weighted by atomic mass is 35.5. The Kier molecular flexibility index (Phi) is 6.52. The zero-order chi connectivity index (χ0) is 26.3. The molecule has 0 bridgehead atoms. The lowest BCUT2D eigenvalue weighted by Gasteiger charge is -2.25. The molecular formula is C30H27ClN2O4. The van der Waals surface area contributed by atoms with Crippen molar-refractivity contribution in [3.8, 4) is 5.75 Å². The number of aliphatic hydroxyl groups is 1. The van der Waals surface area contributed by atoms with Gasteiger partial charge in [-0.25, -0.2) is 0 Å². The number of hydrogen-bond acceptors (Lipinski definition) is 4. The number of aromatic amines is 1. The number of carbonyl (C=O) groups excluding carboxylic acids is 2. The van der Waals surface area contributed by atoms with Crippen LogP contribution < -0.4 is 9.64 Å². The maximum atomic E-state index is 13.5. The highest BCUT2D eigenvalue weighted by Gasteiger charge is 2.47. The van der Waals surface area contributed by atoms with E-state index in [2.05, 4.69) is 4.98 Å². The summed E-state index contributed by atoms with van der Waals surface area (Å²) in [6, 6.07) is 18.9. The van der Waals surface area contributed by atoms with Gasteiger partial charge in [-0.2, -0.15) is 0 Å². The molecule has 0 spiro atoms. The fraction of sp³-hybridized carbons (Fsp3) is 0.200. The maximum absolute atomic E-state index is 13.5. The number of halogens is 1. The zero-order valence-corrected chi connectivity index (χ0v) is 21.5. The summed E-state index contributed by atoms with van der Waals surface area (Å²) in [5.41, 5.74) is 3.28. The number of anilines is 1. The smallest absolute Gasteiger partial charge is 0.300 e. The monoisotopic (exact) mass is 514 g/mol. The normalized spacial score (nSPS) is 17.2. The van der Waals surface area contributed by atoms with Crippen LogP contribution in [0, 0.1) is 12.8 Å². The highest BCUT2D eigenvalue weighted by molar-refractivity contribution is 6.52. The standard InChI is InChI=1S/C30H27ClN2O4/c1-17(2)16-37-21-8-6-7-19(13-21)28(34)26-27(23-15-32-25-10-5-4-9-22(23)25)33(30(36)29(26)35)20-12-11-18(3)24(31)14-20/h4-15,17,27,32,34H,16H2,1-3H3/b28-26+. The Morgan fingerprint density at radius 3 is 2.62 bits per heavy atom. The zero-order valence-electron chi connectivity index (χ0n) is 20.8. The summed E-state index contributed by atoms with van der Waals surface area (Å²) in [6.07, 6.45) is 1.78. The average Bonchev–Trinajstić information content (AvgIpc) is 3.42. The number of nitrogens with one attached hydrogen (secondary N) is 1. The third kappa shape index (κ3) is 4.49. The molecular weight excluding hydrogens is 488 g/mol. The number of para-hydroxylation sites is 1. The van der Waals surface area contributed by atoms with Gasteiger partial charge in [-0.05, 0) is 48.7 Å². The van der Waals surface area contributed by atoms with Crippen molar-refractivity contribution in [3.63, 3.8) is 0 Å². The number of ether oxygens (including phenoxy) is 1. The first-order valence-corrected chi connectivity index (χ1v) is 12.5. The summed E-state index contributed by atoms with van der Waals surface area (Å²) in [5.74, 6) is -0.863. The summed E-state index contributed by atoms with van der Waals surface area (Å²) < 4.78 is 5.82. The number of carbonyl (C=O) groups is 2. The minimum absolute atomic E-state index is 0.00691. The fourth-order valence-electron chi connectivity index (χ4n) is 4.60. The molecule has 0 saturated carbocycles. The Bertz CT molecular complexity index is 1550. The number of ketones is 1. The lowest BCUT2D eigenvalue weighted by Crippen LogP contribution is -2.29. The van der Waals surface area contributed by atoms with Crippen molar-refractivity contribution in [1.82, 2.24) is 4.98 Å². The number of nitrogens with zero attached hydrogens (tertiary/aromatic N) is 1. The summed E-state index contributed by atoms with van der Waals surface area (Å²) in [6.45, 7) is 6.47. The molecule has 6 nitrogen and oxygen atoms in total. The second-order valence-corrected chi connectivity index (χ2v) is 10.0. The molecule has 5 rings (SSSR count). The third-order valence-corrected chi connectivity index (χ3v) is 6.89. The van der Waals surface area contributed by atoms with Gasteiger partial charge in [0.15, 0.2) is 0 Å². The molecule has 1 amide bonds. The quantitative estimate of drug-likeness (QED) is 0.168. The maximum Gasteiger partial charge on any atom is 0.300 e. The Labute approximate surface area is 220 Å². The van der Waals surface area contributed by atoms with Gasteiger partial charge < -0.3 is 14.8 Å². The number of benzene rings is 3. The summed E-state index contributed by atoms with van der Waals surface area (Å²) in [5, 5.41) is 12.8. The Morgan fingerprint density at radius 2 is 1.86 bits per heavy atom. The van der Waals surface area contributed by atoms with Crippen LogP contribution in [0.3, 0.4) is 0 Å². The molecule has 1 aromatic heterocycles. The lowest BCUT2D eigenvalue weighted by molar-refractivity contribution is -0.132. The molecule has 7 heteroatoms. The average molecular weight is 515 g/mol. The molecule has 1 unspecified atom stereocenters. The second-order valence-electron chi connectivity index (χ2n) is 9.62. The topological polar surface area (TPSA) is 82.6 Å². The van der Waals surface area contributed by atoms with E-state index in [9.17, 15) is 14.7 Å². The first kappa shape index (κ1) is 24.7. The van der Waals surface area contributed by atoms with Crippen LogP contribution >= 0.6 is 11.6 Å². The number of fused-ring (bicyclic) bond motifs is 1. The molecule has 4 aromatic rings. The van der Waals surface area contributed by atoms with Crippen molar-refractivity contribution in [2.75, 3.05) is 11.5 Å². The van der Waals surface area contributed by atoms with Crippen LogP contribution in [0.5, 0.6) is 5.75 Å². The van der Waals surface area contributed by atoms with Crippen LogP contribution in [0.1, 0.15) is 36.6 Å². The van der Waals surface area contributed by atoms with Crippen LogP contribution in [0.25, 0.3) is 16.7 Å². The van der Waals surface area contributed by atoms with Gasteiger partial charge in [0, 0.05) is 38.9 Å². The highest BCUT2D eigenvalue weighted by Crippen LogP contribution is 2.45. The van der Waals surface area contributed by atoms with Crippen molar-refractivity contribution in [1.29, 1.82) is 0 Å². The van der Waals surface area contributed by atoms with E-state index in [-0.39, 0.29) is 11.3 Å². The number of aryl methyl sites for hydroxylation is 1. The number of rotatable bonds is 6. The predicted molar refractivity (Wildman–Crippen MR) is 146 cm³/mol. The SMILES string of the molecule is Cc1ccc(N2C(=O)C(=O)/C(=C(/O)c3cccc(OCC(C)C)c3)C2c2c[nH]c3ccccc23)cc1Cl. The van der Waals surface area contributed by atoms with Crippen molar-refractivity contribution in [3.05, 3.63) is 100 Å². The Morgan fingerprint density at radius 1 is 1.08 bits per heavy atom. The van der Waals surface area contributed by atoms with Gasteiger partial charge in [0.2, 0.25) is 0 Å². The van der Waals surface area contributed by atoms with Crippen LogP contribution in [0.2, 0.25) is 5.02 Å². The van der Waals surface area contributed by atoms with Gasteiger partial charge in [-0.3, -0.25) is 14.5 Å². The van der Waals surface area contributed by atoms with Crippen molar-refractivity contribution in [2.24, 2.45) is 5.92 Å². The van der Waals surface area contributed by atoms with Gasteiger partial charge in [-0.15, -0.1) is 0 Å². The molecule has 1 atom stereocenters. The van der Waals surface area contributed by atoms with E-state index >= 15 is 0 Å². The molecule has 1 fully saturated rings. The second kappa shape index (κ2) is 9.79. The molecule has 188 valence electrons. The van der Waals surface area contributed by atoms with Crippen LogP contribution in [0.15, 0.2) is 78.5 Å². The fourth-order valence-corrected chi connectivity index (χ4v) is 4.77. The van der Waals surface area contributed by atoms with Crippen molar-refractivity contribution >= 4 is 45.6 Å². The van der Waals surface area contributed by atoms with Gasteiger partial charge in [0.25, 0.3) is 11.7 Å². The van der Waals surface area contributed by atoms with Crippen LogP contribution in [-0.2, 0) is 9.59 Å². The van der Waals surface area contributed by atoms with Crippen molar-refractivity contribution < 1.29 is 19.4 Å². The predicted octanol–water partition coefficient (Wildman–Crippen LogP) is 6.79. The minimum atomic E-state index is -0.866. The number of Topliss-reactive ketones (excluding diaryl/α,β-unsaturated/α-hetero) is 1. The summed E-state index contributed by atoms with van der Waals surface area (Å²) in [7, 11) is 0. The molecule has 3 aromatic carbocycles. The molecule has 1 saturated heterocycles. The molecule has 2 heterocycles. The molecule has 0 aliphatic carbocycles. The van der Waals surface area contributed by atoms with E-state index in [0.717, 1.165) is 16.5 Å². The minimum Gasteiger partial charge on any atom is -0.507 e.